The lowest BCUT2D eigenvalue weighted by molar-refractivity contribution is 0.0765. The predicted octanol–water partition coefficient (Wildman–Crippen LogP) is 2.21. The van der Waals surface area contributed by atoms with Crippen LogP contribution in [0.25, 0.3) is 0 Å². The summed E-state index contributed by atoms with van der Waals surface area (Å²) in [5, 5.41) is 3.14. The Labute approximate surface area is 92.0 Å². The summed E-state index contributed by atoms with van der Waals surface area (Å²) in [6.07, 6.45) is -0.0993. The molecule has 92 valence electrons. The van der Waals surface area contributed by atoms with Gasteiger partial charge in [0.2, 0.25) is 0 Å². The molecule has 0 amide bonds. The van der Waals surface area contributed by atoms with Crippen molar-refractivity contribution < 1.29 is 8.78 Å². The minimum absolute atomic E-state index is 0.0904. The van der Waals surface area contributed by atoms with Gasteiger partial charge in [-0.3, -0.25) is 0 Å². The molecule has 2 nitrogen and oxygen atoms in total. The zero-order chi connectivity index (χ0) is 11.9. The van der Waals surface area contributed by atoms with E-state index < -0.39 is 6.43 Å². The van der Waals surface area contributed by atoms with E-state index in [1.54, 1.807) is 11.9 Å². The third-order valence-electron chi connectivity index (χ3n) is 2.56. The number of nitrogens with one attached hydrogen (secondary N) is 1. The predicted molar refractivity (Wildman–Crippen MR) is 60.4 cm³/mol. The Kier molecular flexibility index (Phi) is 7.02. The molecular formula is C11H24F2N2. The molecule has 1 atom stereocenters. The summed E-state index contributed by atoms with van der Waals surface area (Å²) in [5.41, 5.74) is 0.0904. The zero-order valence-electron chi connectivity index (χ0n) is 10.3. The molecule has 0 aromatic heterocycles. The second kappa shape index (κ2) is 7.12. The summed E-state index contributed by atoms with van der Waals surface area (Å²) in [6, 6.07) is 0. The average molecular weight is 222 g/mol. The third-order valence-corrected chi connectivity index (χ3v) is 2.56. The quantitative estimate of drug-likeness (QED) is 0.677. The largest absolute Gasteiger partial charge is 0.319 e. The van der Waals surface area contributed by atoms with Gasteiger partial charge in [0.1, 0.15) is 0 Å². The molecule has 0 saturated carbocycles. The van der Waals surface area contributed by atoms with Crippen molar-refractivity contribution in [2.45, 2.75) is 33.1 Å². The first-order chi connectivity index (χ1) is 6.93. The summed E-state index contributed by atoms with van der Waals surface area (Å²) in [4.78, 5) is 1.72. The highest BCUT2D eigenvalue weighted by atomic mass is 19.3. The normalized spacial score (nSPS) is 16.0. The van der Waals surface area contributed by atoms with E-state index in [1.807, 2.05) is 7.05 Å². The van der Waals surface area contributed by atoms with Crippen LogP contribution in [0.5, 0.6) is 0 Å². The van der Waals surface area contributed by atoms with Gasteiger partial charge in [-0.25, -0.2) is 8.78 Å². The average Bonchev–Trinajstić information content (AvgIpc) is 2.01. The molecule has 0 aliphatic carbocycles. The molecule has 0 bridgehead atoms. The van der Waals surface area contributed by atoms with Crippen molar-refractivity contribution in [2.75, 3.05) is 33.7 Å². The fraction of sp³-hybridized carbons (Fsp3) is 1.00. The maximum Gasteiger partial charge on any atom is 0.251 e. The molecule has 1 N–H and O–H groups in total. The van der Waals surface area contributed by atoms with Gasteiger partial charge < -0.3 is 10.2 Å². The van der Waals surface area contributed by atoms with Crippen molar-refractivity contribution in [1.82, 2.24) is 10.2 Å². The van der Waals surface area contributed by atoms with Crippen LogP contribution >= 0.6 is 0 Å². The van der Waals surface area contributed by atoms with Crippen molar-refractivity contribution in [2.24, 2.45) is 5.41 Å². The molecule has 0 spiro atoms. The second-order valence-corrected chi connectivity index (χ2v) is 4.68. The molecule has 0 radical (unpaired) electrons. The molecule has 0 fully saturated rings. The zero-order valence-corrected chi connectivity index (χ0v) is 10.3. The Morgan fingerprint density at radius 3 is 2.40 bits per heavy atom. The molecular weight excluding hydrogens is 198 g/mol. The van der Waals surface area contributed by atoms with E-state index >= 15 is 0 Å². The highest BCUT2D eigenvalue weighted by Gasteiger charge is 2.25. The van der Waals surface area contributed by atoms with E-state index in [0.29, 0.717) is 6.54 Å². The molecule has 0 aromatic carbocycles. The molecule has 15 heavy (non-hydrogen) atoms. The molecule has 0 heterocycles. The monoisotopic (exact) mass is 222 g/mol. The van der Waals surface area contributed by atoms with Crippen molar-refractivity contribution in [3.8, 4) is 0 Å². The molecule has 4 heteroatoms. The van der Waals surface area contributed by atoms with Crippen LogP contribution in [0.2, 0.25) is 0 Å². The SMILES string of the molecule is CCCC(C)(CNC)CN(C)CC(F)F. The van der Waals surface area contributed by atoms with Crippen molar-refractivity contribution in [3.63, 3.8) is 0 Å². The Hall–Kier alpha value is -0.220. The van der Waals surface area contributed by atoms with Crippen LogP contribution in [0.15, 0.2) is 0 Å². The van der Waals surface area contributed by atoms with Gasteiger partial charge in [0.25, 0.3) is 6.43 Å². The van der Waals surface area contributed by atoms with E-state index in [1.165, 1.54) is 0 Å². The van der Waals surface area contributed by atoms with Gasteiger partial charge in [-0.15, -0.1) is 0 Å². The van der Waals surface area contributed by atoms with Crippen LogP contribution in [0.4, 0.5) is 8.78 Å². The smallest absolute Gasteiger partial charge is 0.251 e. The number of hydrogen-bond acceptors (Lipinski definition) is 2. The first kappa shape index (κ1) is 14.8. The number of hydrogen-bond donors (Lipinski definition) is 1. The summed E-state index contributed by atoms with van der Waals surface area (Å²) < 4.78 is 24.3. The number of rotatable bonds is 8. The van der Waals surface area contributed by atoms with Gasteiger partial charge in [-0.2, -0.15) is 0 Å². The van der Waals surface area contributed by atoms with Gasteiger partial charge in [0, 0.05) is 13.1 Å². The summed E-state index contributed by atoms with van der Waals surface area (Å²) in [6.45, 7) is 5.72. The number of nitrogens with zero attached hydrogens (tertiary/aromatic N) is 1. The van der Waals surface area contributed by atoms with Crippen molar-refractivity contribution >= 4 is 0 Å². The van der Waals surface area contributed by atoms with Crippen molar-refractivity contribution in [3.05, 3.63) is 0 Å². The molecule has 1 unspecified atom stereocenters. The minimum Gasteiger partial charge on any atom is -0.319 e. The van der Waals surface area contributed by atoms with Crippen LogP contribution in [-0.2, 0) is 0 Å². The fourth-order valence-corrected chi connectivity index (χ4v) is 2.21. The molecule has 0 saturated heterocycles. The Balaban J connectivity index is 4.14. The van der Waals surface area contributed by atoms with Crippen LogP contribution in [0.1, 0.15) is 26.7 Å². The minimum atomic E-state index is -2.24. The van der Waals surface area contributed by atoms with Crippen LogP contribution < -0.4 is 5.32 Å². The highest BCUT2D eigenvalue weighted by Crippen LogP contribution is 2.23. The van der Waals surface area contributed by atoms with E-state index in [4.69, 9.17) is 0 Å². The second-order valence-electron chi connectivity index (χ2n) is 4.68. The van der Waals surface area contributed by atoms with E-state index in [0.717, 1.165) is 19.4 Å². The lowest BCUT2D eigenvalue weighted by atomic mass is 9.85. The molecule has 0 aliphatic rings. The van der Waals surface area contributed by atoms with Gasteiger partial charge in [0.05, 0.1) is 6.54 Å². The fourth-order valence-electron chi connectivity index (χ4n) is 2.21. The number of alkyl halides is 2. The Bertz CT molecular complexity index is 157. The lowest BCUT2D eigenvalue weighted by Gasteiger charge is -2.33. The van der Waals surface area contributed by atoms with E-state index in [9.17, 15) is 8.78 Å². The van der Waals surface area contributed by atoms with E-state index in [-0.39, 0.29) is 12.0 Å². The summed E-state index contributed by atoms with van der Waals surface area (Å²) in [7, 11) is 3.66. The first-order valence-electron chi connectivity index (χ1n) is 5.55. The number of halogens is 2. The topological polar surface area (TPSA) is 15.3 Å². The summed E-state index contributed by atoms with van der Waals surface area (Å²) >= 11 is 0. The van der Waals surface area contributed by atoms with Gasteiger partial charge in [-0.1, -0.05) is 20.3 Å². The van der Waals surface area contributed by atoms with Crippen LogP contribution in [0.3, 0.4) is 0 Å². The summed E-state index contributed by atoms with van der Waals surface area (Å²) in [5.74, 6) is 0. The standard InChI is InChI=1S/C11H24F2N2/c1-5-6-11(2,8-14-3)9-15(4)7-10(12)13/h10,14H,5-9H2,1-4H3. The molecule has 0 rings (SSSR count). The van der Waals surface area contributed by atoms with Gasteiger partial charge in [0.15, 0.2) is 0 Å². The van der Waals surface area contributed by atoms with Crippen LogP contribution in [-0.4, -0.2) is 45.1 Å². The van der Waals surface area contributed by atoms with Crippen molar-refractivity contribution in [1.29, 1.82) is 0 Å². The van der Waals surface area contributed by atoms with E-state index in [2.05, 4.69) is 19.2 Å². The van der Waals surface area contributed by atoms with Gasteiger partial charge >= 0.3 is 0 Å². The van der Waals surface area contributed by atoms with Crippen LogP contribution in [0, 0.1) is 5.41 Å². The highest BCUT2D eigenvalue weighted by molar-refractivity contribution is 4.79. The Morgan fingerprint density at radius 1 is 1.40 bits per heavy atom. The Morgan fingerprint density at radius 2 is 2.00 bits per heavy atom. The van der Waals surface area contributed by atoms with Gasteiger partial charge in [-0.05, 0) is 25.9 Å². The third kappa shape index (κ3) is 6.79. The molecule has 0 aromatic rings. The first-order valence-corrected chi connectivity index (χ1v) is 5.55. The maximum atomic E-state index is 12.2. The lowest BCUT2D eigenvalue weighted by Crippen LogP contribution is -2.41. The maximum absolute atomic E-state index is 12.2. The molecule has 0 aliphatic heterocycles.